The van der Waals surface area contributed by atoms with Gasteiger partial charge in [0.15, 0.2) is 0 Å². The van der Waals surface area contributed by atoms with E-state index in [1.54, 1.807) is 18.3 Å². The predicted octanol–water partition coefficient (Wildman–Crippen LogP) is 2.48. The van der Waals surface area contributed by atoms with Gasteiger partial charge < -0.3 is 10.6 Å². The zero-order valence-corrected chi connectivity index (χ0v) is 10.3. The molecule has 3 nitrogen and oxygen atoms in total. The number of halogens is 1. The van der Waals surface area contributed by atoms with Gasteiger partial charge in [0.05, 0.1) is 17.6 Å². The molecule has 94 valence electrons. The molecule has 2 N–H and O–H groups in total. The molecule has 0 spiro atoms. The lowest BCUT2D eigenvalue weighted by Crippen LogP contribution is -2.21. The number of nitrogens with zero attached hydrogens (tertiary/aromatic N) is 2. The predicted molar refractivity (Wildman–Crippen MR) is 72.0 cm³/mol. The molecule has 4 heteroatoms. The third kappa shape index (κ3) is 2.97. The van der Waals surface area contributed by atoms with Crippen molar-refractivity contribution in [1.29, 1.82) is 0 Å². The molecular formula is C14H16FN3. The van der Waals surface area contributed by atoms with E-state index in [1.807, 2.05) is 30.1 Å². The van der Waals surface area contributed by atoms with Gasteiger partial charge in [-0.3, -0.25) is 4.98 Å². The minimum atomic E-state index is -0.203. The Bertz CT molecular complexity index is 511. The number of hydrogen-bond acceptors (Lipinski definition) is 3. The molecule has 0 saturated carbocycles. The lowest BCUT2D eigenvalue weighted by atomic mass is 10.2. The Labute approximate surface area is 106 Å². The van der Waals surface area contributed by atoms with Crippen LogP contribution in [-0.4, -0.2) is 18.6 Å². The monoisotopic (exact) mass is 245 g/mol. The van der Waals surface area contributed by atoms with Crippen molar-refractivity contribution in [3.05, 3.63) is 54.1 Å². The Morgan fingerprint density at radius 2 is 2.00 bits per heavy atom. The normalized spacial score (nSPS) is 10.3. The molecule has 0 atom stereocenters. The summed E-state index contributed by atoms with van der Waals surface area (Å²) in [4.78, 5) is 6.10. The van der Waals surface area contributed by atoms with Crippen molar-refractivity contribution in [2.75, 3.05) is 24.2 Å². The fraction of sp³-hybridized carbons (Fsp3) is 0.214. The highest BCUT2D eigenvalue weighted by atomic mass is 19.1. The van der Waals surface area contributed by atoms with Crippen molar-refractivity contribution in [3.8, 4) is 0 Å². The van der Waals surface area contributed by atoms with Gasteiger partial charge in [0.2, 0.25) is 0 Å². The molecule has 1 aromatic carbocycles. The maximum Gasteiger partial charge on any atom is 0.146 e. The lowest BCUT2D eigenvalue weighted by molar-refractivity contribution is 0.622. The third-order valence-corrected chi connectivity index (χ3v) is 2.81. The summed E-state index contributed by atoms with van der Waals surface area (Å²) in [6.45, 7) is 0.706. The van der Waals surface area contributed by atoms with Crippen LogP contribution in [0.4, 0.5) is 15.8 Å². The molecular weight excluding hydrogens is 229 g/mol. The van der Waals surface area contributed by atoms with E-state index >= 15 is 0 Å². The molecule has 0 aliphatic rings. The Morgan fingerprint density at radius 3 is 2.67 bits per heavy atom. The summed E-state index contributed by atoms with van der Waals surface area (Å²) in [5.41, 5.74) is 7.78. The largest absolute Gasteiger partial charge is 0.397 e. The van der Waals surface area contributed by atoms with E-state index < -0.39 is 0 Å². The van der Waals surface area contributed by atoms with E-state index in [4.69, 9.17) is 5.73 Å². The second-order valence-corrected chi connectivity index (χ2v) is 4.21. The first-order chi connectivity index (χ1) is 8.66. The summed E-state index contributed by atoms with van der Waals surface area (Å²) < 4.78 is 13.5. The Hall–Kier alpha value is -2.10. The van der Waals surface area contributed by atoms with Gasteiger partial charge in [0.25, 0.3) is 0 Å². The Morgan fingerprint density at radius 1 is 1.22 bits per heavy atom. The van der Waals surface area contributed by atoms with E-state index in [1.165, 1.54) is 6.07 Å². The van der Waals surface area contributed by atoms with Gasteiger partial charge in [-0.05, 0) is 24.3 Å². The second-order valence-electron chi connectivity index (χ2n) is 4.21. The number of anilines is 2. The van der Waals surface area contributed by atoms with Crippen molar-refractivity contribution >= 4 is 11.4 Å². The quantitative estimate of drug-likeness (QED) is 0.899. The SMILES string of the molecule is CN(CCc1ccc(N)cn1)c1ccccc1F. The van der Waals surface area contributed by atoms with Gasteiger partial charge in [-0.25, -0.2) is 4.39 Å². The number of nitrogens with two attached hydrogens (primary N) is 1. The number of nitrogen functional groups attached to an aromatic ring is 1. The molecule has 0 aliphatic carbocycles. The second kappa shape index (κ2) is 5.49. The molecule has 1 aromatic heterocycles. The molecule has 0 fully saturated rings. The molecule has 2 aromatic rings. The maximum absolute atomic E-state index is 13.5. The van der Waals surface area contributed by atoms with Gasteiger partial charge in [0, 0.05) is 25.7 Å². The van der Waals surface area contributed by atoms with Crippen LogP contribution in [0.3, 0.4) is 0 Å². The highest BCUT2D eigenvalue weighted by Crippen LogP contribution is 2.17. The zero-order chi connectivity index (χ0) is 13.0. The number of pyridine rings is 1. The van der Waals surface area contributed by atoms with Gasteiger partial charge in [-0.15, -0.1) is 0 Å². The molecule has 0 amide bonds. The van der Waals surface area contributed by atoms with Crippen LogP contribution in [-0.2, 0) is 6.42 Å². The lowest BCUT2D eigenvalue weighted by Gasteiger charge is -2.19. The van der Waals surface area contributed by atoms with Crippen molar-refractivity contribution in [1.82, 2.24) is 4.98 Å². The van der Waals surface area contributed by atoms with Crippen molar-refractivity contribution in [2.24, 2.45) is 0 Å². The maximum atomic E-state index is 13.5. The zero-order valence-electron chi connectivity index (χ0n) is 10.3. The van der Waals surface area contributed by atoms with Crippen LogP contribution < -0.4 is 10.6 Å². The summed E-state index contributed by atoms with van der Waals surface area (Å²) in [6, 6.07) is 10.5. The van der Waals surface area contributed by atoms with Gasteiger partial charge >= 0.3 is 0 Å². The summed E-state index contributed by atoms with van der Waals surface area (Å²) in [7, 11) is 1.87. The minimum absolute atomic E-state index is 0.203. The first-order valence-corrected chi connectivity index (χ1v) is 5.83. The number of benzene rings is 1. The first kappa shape index (κ1) is 12.4. The van der Waals surface area contributed by atoms with Gasteiger partial charge in [-0.2, -0.15) is 0 Å². The van der Waals surface area contributed by atoms with Crippen LogP contribution >= 0.6 is 0 Å². The standard InChI is InChI=1S/C14H16FN3/c1-18(14-5-3-2-4-13(14)15)9-8-12-7-6-11(16)10-17-12/h2-7,10H,8-9,16H2,1H3. The fourth-order valence-electron chi connectivity index (χ4n) is 1.75. The van der Waals surface area contributed by atoms with Gasteiger partial charge in [0.1, 0.15) is 5.82 Å². The van der Waals surface area contributed by atoms with Crippen LogP contribution in [0, 0.1) is 5.82 Å². The number of rotatable bonds is 4. The van der Waals surface area contributed by atoms with E-state index in [-0.39, 0.29) is 5.82 Å². The van der Waals surface area contributed by atoms with E-state index in [0.717, 1.165) is 12.1 Å². The van der Waals surface area contributed by atoms with Crippen molar-refractivity contribution in [3.63, 3.8) is 0 Å². The number of likely N-dealkylation sites (N-methyl/N-ethyl adjacent to an activating group) is 1. The van der Waals surface area contributed by atoms with E-state index in [0.29, 0.717) is 17.9 Å². The number of para-hydroxylation sites is 1. The van der Waals surface area contributed by atoms with Crippen LogP contribution in [0.15, 0.2) is 42.6 Å². The summed E-state index contributed by atoms with van der Waals surface area (Å²) in [5.74, 6) is -0.203. The van der Waals surface area contributed by atoms with Crippen molar-refractivity contribution < 1.29 is 4.39 Å². The number of hydrogen-bond donors (Lipinski definition) is 1. The Balaban J connectivity index is 1.98. The van der Waals surface area contributed by atoms with Crippen LogP contribution in [0.5, 0.6) is 0 Å². The molecule has 0 radical (unpaired) electrons. The van der Waals surface area contributed by atoms with Gasteiger partial charge in [-0.1, -0.05) is 12.1 Å². The van der Waals surface area contributed by atoms with E-state index in [9.17, 15) is 4.39 Å². The van der Waals surface area contributed by atoms with Crippen molar-refractivity contribution in [2.45, 2.75) is 6.42 Å². The smallest absolute Gasteiger partial charge is 0.146 e. The average Bonchev–Trinajstić information content (AvgIpc) is 2.38. The highest BCUT2D eigenvalue weighted by molar-refractivity contribution is 5.46. The summed E-state index contributed by atoms with van der Waals surface area (Å²) in [5, 5.41) is 0. The van der Waals surface area contributed by atoms with Crippen LogP contribution in [0.2, 0.25) is 0 Å². The number of aromatic nitrogens is 1. The molecule has 1 heterocycles. The molecule has 0 aliphatic heterocycles. The summed E-state index contributed by atoms with van der Waals surface area (Å²) >= 11 is 0. The third-order valence-electron chi connectivity index (χ3n) is 2.81. The summed E-state index contributed by atoms with van der Waals surface area (Å²) in [6.07, 6.45) is 2.39. The van der Waals surface area contributed by atoms with E-state index in [2.05, 4.69) is 4.98 Å². The molecule has 2 rings (SSSR count). The Kier molecular flexibility index (Phi) is 3.77. The van der Waals surface area contributed by atoms with Crippen LogP contribution in [0.25, 0.3) is 0 Å². The molecule has 18 heavy (non-hydrogen) atoms. The molecule has 0 unspecified atom stereocenters. The van der Waals surface area contributed by atoms with Crippen LogP contribution in [0.1, 0.15) is 5.69 Å². The topological polar surface area (TPSA) is 42.1 Å². The average molecular weight is 245 g/mol. The minimum Gasteiger partial charge on any atom is -0.397 e. The molecule has 0 bridgehead atoms. The fourth-order valence-corrected chi connectivity index (χ4v) is 1.75. The highest BCUT2D eigenvalue weighted by Gasteiger charge is 2.06. The first-order valence-electron chi connectivity index (χ1n) is 5.83. The molecule has 0 saturated heterocycles.